The maximum atomic E-state index is 12.3. The van der Waals surface area contributed by atoms with Crippen molar-refractivity contribution in [2.75, 3.05) is 57.8 Å². The van der Waals surface area contributed by atoms with Crippen molar-refractivity contribution in [1.29, 1.82) is 0 Å². The fourth-order valence-electron chi connectivity index (χ4n) is 3.31. The summed E-state index contributed by atoms with van der Waals surface area (Å²) in [7, 11) is 2.14. The summed E-state index contributed by atoms with van der Waals surface area (Å²) < 4.78 is 5.55. The molecule has 2 heterocycles. The third kappa shape index (κ3) is 4.54. The van der Waals surface area contributed by atoms with Gasteiger partial charge in [-0.3, -0.25) is 0 Å². The lowest BCUT2D eigenvalue weighted by Gasteiger charge is -2.36. The monoisotopic (exact) mass is 351 g/mol. The lowest BCUT2D eigenvalue weighted by Crippen LogP contribution is -2.49. The molecule has 0 aromatic heterocycles. The Morgan fingerprint density at radius 1 is 1.08 bits per heavy atom. The molecule has 0 aliphatic carbocycles. The molecule has 2 saturated heterocycles. The van der Waals surface area contributed by atoms with Crippen molar-refractivity contribution in [2.24, 2.45) is 5.92 Å². The van der Waals surface area contributed by atoms with E-state index in [1.807, 2.05) is 29.2 Å². The molecule has 2 fully saturated rings. The molecule has 1 aromatic rings. The van der Waals surface area contributed by atoms with Gasteiger partial charge in [0.15, 0.2) is 0 Å². The average Bonchev–Trinajstić information content (AvgIpc) is 2.62. The van der Waals surface area contributed by atoms with Gasteiger partial charge >= 0.3 is 6.09 Å². The third-order valence-corrected chi connectivity index (χ3v) is 5.26. The number of hydrogen-bond acceptors (Lipinski definition) is 4. The van der Waals surface area contributed by atoms with Crippen LogP contribution in [0.15, 0.2) is 24.3 Å². The number of anilines is 1. The van der Waals surface area contributed by atoms with Gasteiger partial charge in [0, 0.05) is 36.9 Å². The van der Waals surface area contributed by atoms with Crippen LogP contribution in [0.5, 0.6) is 0 Å². The highest BCUT2D eigenvalue weighted by atomic mass is 35.5. The number of likely N-dealkylation sites (tertiary alicyclic amines) is 1. The van der Waals surface area contributed by atoms with Gasteiger partial charge < -0.3 is 19.4 Å². The molecule has 0 bridgehead atoms. The van der Waals surface area contributed by atoms with Crippen molar-refractivity contribution < 1.29 is 9.53 Å². The Balaban J connectivity index is 1.41. The van der Waals surface area contributed by atoms with Gasteiger partial charge in [-0.05, 0) is 63.2 Å². The van der Waals surface area contributed by atoms with Crippen LogP contribution in [0.4, 0.5) is 10.5 Å². The zero-order valence-corrected chi connectivity index (χ0v) is 15.0. The van der Waals surface area contributed by atoms with Gasteiger partial charge in [-0.25, -0.2) is 4.79 Å². The van der Waals surface area contributed by atoms with Crippen LogP contribution in [0, 0.1) is 5.92 Å². The van der Waals surface area contributed by atoms with Crippen LogP contribution in [0.2, 0.25) is 5.02 Å². The summed E-state index contributed by atoms with van der Waals surface area (Å²) in [5.41, 5.74) is 1.15. The first-order valence-electron chi connectivity index (χ1n) is 8.72. The second-order valence-electron chi connectivity index (χ2n) is 6.77. The lowest BCUT2D eigenvalue weighted by atomic mass is 9.98. The number of amides is 1. The van der Waals surface area contributed by atoms with E-state index in [1.165, 1.54) is 0 Å². The van der Waals surface area contributed by atoms with E-state index in [1.54, 1.807) is 0 Å². The van der Waals surface area contributed by atoms with Crippen LogP contribution >= 0.6 is 11.6 Å². The molecule has 0 saturated carbocycles. The first-order valence-corrected chi connectivity index (χ1v) is 9.10. The standard InChI is InChI=1S/C18H26ClN3O2/c1-20-8-6-15(7-9-20)14-24-18(23)22-12-10-21(11-13-22)17-4-2-16(19)3-5-17/h2-5,15H,6-14H2,1H3. The van der Waals surface area contributed by atoms with E-state index in [0.29, 0.717) is 25.6 Å². The zero-order valence-electron chi connectivity index (χ0n) is 14.3. The molecule has 2 aliphatic rings. The van der Waals surface area contributed by atoms with Crippen molar-refractivity contribution in [3.63, 3.8) is 0 Å². The summed E-state index contributed by atoms with van der Waals surface area (Å²) in [6.07, 6.45) is 2.08. The number of hydrogen-bond donors (Lipinski definition) is 0. The molecule has 6 heteroatoms. The number of nitrogens with zero attached hydrogens (tertiary/aromatic N) is 3. The molecular formula is C18H26ClN3O2. The molecule has 5 nitrogen and oxygen atoms in total. The van der Waals surface area contributed by atoms with Crippen molar-refractivity contribution in [1.82, 2.24) is 9.80 Å². The summed E-state index contributed by atoms with van der Waals surface area (Å²) in [4.78, 5) is 18.7. The lowest BCUT2D eigenvalue weighted by molar-refractivity contribution is 0.0715. The predicted octanol–water partition coefficient (Wildman–Crippen LogP) is 2.94. The van der Waals surface area contributed by atoms with Crippen molar-refractivity contribution >= 4 is 23.4 Å². The summed E-state index contributed by atoms with van der Waals surface area (Å²) in [5.74, 6) is 0.514. The zero-order chi connectivity index (χ0) is 16.9. The average molecular weight is 352 g/mol. The number of piperidine rings is 1. The Kier molecular flexibility index (Phi) is 5.85. The smallest absolute Gasteiger partial charge is 0.409 e. The molecule has 0 unspecified atom stereocenters. The number of benzene rings is 1. The Hall–Kier alpha value is -1.46. The van der Waals surface area contributed by atoms with E-state index >= 15 is 0 Å². The van der Waals surface area contributed by atoms with Crippen molar-refractivity contribution in [2.45, 2.75) is 12.8 Å². The van der Waals surface area contributed by atoms with E-state index in [2.05, 4.69) is 16.8 Å². The van der Waals surface area contributed by atoms with Gasteiger partial charge in [-0.2, -0.15) is 0 Å². The van der Waals surface area contributed by atoms with Crippen LogP contribution in [-0.2, 0) is 4.74 Å². The number of halogens is 1. The molecule has 132 valence electrons. The quantitative estimate of drug-likeness (QED) is 0.839. The topological polar surface area (TPSA) is 36.0 Å². The van der Waals surface area contributed by atoms with Gasteiger partial charge in [0.1, 0.15) is 0 Å². The second-order valence-corrected chi connectivity index (χ2v) is 7.21. The Morgan fingerprint density at radius 3 is 2.33 bits per heavy atom. The van der Waals surface area contributed by atoms with E-state index < -0.39 is 0 Å². The number of ether oxygens (including phenoxy) is 1. The number of rotatable bonds is 3. The molecule has 2 aliphatic heterocycles. The van der Waals surface area contributed by atoms with Gasteiger partial charge in [0.2, 0.25) is 0 Å². The number of piperazine rings is 1. The highest BCUT2D eigenvalue weighted by molar-refractivity contribution is 6.30. The van der Waals surface area contributed by atoms with E-state index in [-0.39, 0.29) is 6.09 Å². The molecule has 0 N–H and O–H groups in total. The minimum absolute atomic E-state index is 0.162. The van der Waals surface area contributed by atoms with Crippen LogP contribution in [0.3, 0.4) is 0 Å². The molecular weight excluding hydrogens is 326 g/mol. The molecule has 24 heavy (non-hydrogen) atoms. The summed E-state index contributed by atoms with van der Waals surface area (Å²) in [6, 6.07) is 7.85. The summed E-state index contributed by atoms with van der Waals surface area (Å²) >= 11 is 5.93. The Bertz CT molecular complexity index is 536. The minimum Gasteiger partial charge on any atom is -0.449 e. The largest absolute Gasteiger partial charge is 0.449 e. The van der Waals surface area contributed by atoms with E-state index in [0.717, 1.165) is 49.7 Å². The van der Waals surface area contributed by atoms with Crippen LogP contribution in [0.25, 0.3) is 0 Å². The van der Waals surface area contributed by atoms with Gasteiger partial charge in [-0.1, -0.05) is 11.6 Å². The third-order valence-electron chi connectivity index (χ3n) is 5.01. The van der Waals surface area contributed by atoms with Crippen LogP contribution in [-0.4, -0.2) is 68.8 Å². The summed E-state index contributed by atoms with van der Waals surface area (Å²) in [6.45, 7) is 5.81. The summed E-state index contributed by atoms with van der Waals surface area (Å²) in [5, 5.41) is 0.745. The fraction of sp³-hybridized carbons (Fsp3) is 0.611. The first kappa shape index (κ1) is 17.4. The highest BCUT2D eigenvalue weighted by Gasteiger charge is 2.24. The van der Waals surface area contributed by atoms with E-state index in [9.17, 15) is 4.79 Å². The van der Waals surface area contributed by atoms with E-state index in [4.69, 9.17) is 16.3 Å². The van der Waals surface area contributed by atoms with Crippen LogP contribution < -0.4 is 4.90 Å². The van der Waals surface area contributed by atoms with Gasteiger partial charge in [-0.15, -0.1) is 0 Å². The maximum absolute atomic E-state index is 12.3. The molecule has 0 radical (unpaired) electrons. The van der Waals surface area contributed by atoms with Crippen LogP contribution in [0.1, 0.15) is 12.8 Å². The Labute approximate surface area is 149 Å². The minimum atomic E-state index is -0.162. The predicted molar refractivity (Wildman–Crippen MR) is 96.8 cm³/mol. The number of carbonyl (C=O) groups is 1. The normalized spacial score (nSPS) is 20.2. The first-order chi connectivity index (χ1) is 11.6. The van der Waals surface area contributed by atoms with Crippen molar-refractivity contribution in [3.8, 4) is 0 Å². The molecule has 1 aromatic carbocycles. The molecule has 3 rings (SSSR count). The molecule has 1 amide bonds. The SMILES string of the molecule is CN1CCC(COC(=O)N2CCN(c3ccc(Cl)cc3)CC2)CC1. The fourth-order valence-corrected chi connectivity index (χ4v) is 3.43. The highest BCUT2D eigenvalue weighted by Crippen LogP contribution is 2.20. The second kappa shape index (κ2) is 8.08. The molecule has 0 atom stereocenters. The van der Waals surface area contributed by atoms with Gasteiger partial charge in [0.25, 0.3) is 0 Å². The van der Waals surface area contributed by atoms with Crippen molar-refractivity contribution in [3.05, 3.63) is 29.3 Å². The van der Waals surface area contributed by atoms with Gasteiger partial charge in [0.05, 0.1) is 6.61 Å². The Morgan fingerprint density at radius 2 is 1.71 bits per heavy atom. The number of carbonyl (C=O) groups excluding carboxylic acids is 1. The maximum Gasteiger partial charge on any atom is 0.409 e. The molecule has 0 spiro atoms.